The molecule has 2 aromatic rings. The molecule has 0 aliphatic carbocycles. The van der Waals surface area contributed by atoms with Crippen LogP contribution >= 0.6 is 11.8 Å². The third-order valence-corrected chi connectivity index (χ3v) is 5.89. The molecule has 132 valence electrons. The zero-order valence-corrected chi connectivity index (χ0v) is 15.6. The van der Waals surface area contributed by atoms with Gasteiger partial charge in [0.2, 0.25) is 0 Å². The number of aryl methyl sites for hydroxylation is 2. The van der Waals surface area contributed by atoms with Crippen molar-refractivity contribution in [1.29, 1.82) is 0 Å². The highest BCUT2D eigenvalue weighted by molar-refractivity contribution is 8.03. The summed E-state index contributed by atoms with van der Waals surface area (Å²) in [4.78, 5) is 29.4. The fraction of sp³-hybridized carbons (Fsp3) is 0.238. The summed E-state index contributed by atoms with van der Waals surface area (Å²) in [6, 6.07) is 15.3. The van der Waals surface area contributed by atoms with Crippen molar-refractivity contribution in [2.24, 2.45) is 0 Å². The van der Waals surface area contributed by atoms with Crippen LogP contribution in [0.5, 0.6) is 0 Å². The molecule has 0 bridgehead atoms. The fourth-order valence-corrected chi connectivity index (χ4v) is 4.45. The second-order valence-corrected chi connectivity index (χ2v) is 7.84. The molecular weight excluding hydrogens is 344 g/mol. The standard InChI is InChI=1S/C21H20N2O2S/c1-14-6-8-16(9-7-14)13-22-18-10-11-26-19(18)20(24)23(21(22)25)17-5-3-4-15(2)12-17/h3-12,18-19H,13H2,1-2H3. The Bertz CT molecular complexity index is 891. The monoisotopic (exact) mass is 364 g/mol. The van der Waals surface area contributed by atoms with Crippen molar-refractivity contribution in [1.82, 2.24) is 4.90 Å². The summed E-state index contributed by atoms with van der Waals surface area (Å²) >= 11 is 1.49. The lowest BCUT2D eigenvalue weighted by Crippen LogP contribution is -2.61. The number of hydrogen-bond donors (Lipinski definition) is 0. The summed E-state index contributed by atoms with van der Waals surface area (Å²) in [6.45, 7) is 4.49. The maximum absolute atomic E-state index is 13.2. The van der Waals surface area contributed by atoms with Gasteiger partial charge in [-0.15, -0.1) is 11.8 Å². The van der Waals surface area contributed by atoms with E-state index in [1.54, 1.807) is 4.90 Å². The Morgan fingerprint density at radius 2 is 1.77 bits per heavy atom. The normalized spacial score (nSPS) is 22.1. The van der Waals surface area contributed by atoms with E-state index in [-0.39, 0.29) is 23.2 Å². The van der Waals surface area contributed by atoms with Crippen LogP contribution in [0.2, 0.25) is 0 Å². The van der Waals surface area contributed by atoms with Gasteiger partial charge in [0.15, 0.2) is 0 Å². The van der Waals surface area contributed by atoms with E-state index in [0.29, 0.717) is 12.2 Å². The van der Waals surface area contributed by atoms with Crippen molar-refractivity contribution in [2.75, 3.05) is 4.90 Å². The van der Waals surface area contributed by atoms with Crippen molar-refractivity contribution in [3.05, 3.63) is 76.7 Å². The van der Waals surface area contributed by atoms with Gasteiger partial charge >= 0.3 is 6.03 Å². The minimum Gasteiger partial charge on any atom is -0.312 e. The third kappa shape index (κ3) is 2.92. The summed E-state index contributed by atoms with van der Waals surface area (Å²) in [6.07, 6.45) is 1.97. The average molecular weight is 364 g/mol. The number of amides is 3. The smallest absolute Gasteiger partial charge is 0.312 e. The minimum atomic E-state index is -0.279. The molecule has 5 heteroatoms. The lowest BCUT2D eigenvalue weighted by atomic mass is 10.0. The Balaban J connectivity index is 1.70. The molecule has 2 aliphatic heterocycles. The van der Waals surface area contributed by atoms with Crippen LogP contribution in [-0.4, -0.2) is 28.1 Å². The number of rotatable bonds is 3. The number of benzene rings is 2. The van der Waals surface area contributed by atoms with Crippen LogP contribution in [0.15, 0.2) is 60.0 Å². The van der Waals surface area contributed by atoms with Gasteiger partial charge in [-0.1, -0.05) is 48.0 Å². The van der Waals surface area contributed by atoms with E-state index >= 15 is 0 Å². The van der Waals surface area contributed by atoms with E-state index in [0.717, 1.165) is 11.1 Å². The van der Waals surface area contributed by atoms with Gasteiger partial charge < -0.3 is 4.90 Å². The molecule has 0 radical (unpaired) electrons. The van der Waals surface area contributed by atoms with Gasteiger partial charge in [0.1, 0.15) is 5.25 Å². The zero-order valence-electron chi connectivity index (χ0n) is 14.8. The lowest BCUT2D eigenvalue weighted by molar-refractivity contribution is -0.119. The van der Waals surface area contributed by atoms with E-state index < -0.39 is 0 Å². The van der Waals surface area contributed by atoms with Gasteiger partial charge in [-0.3, -0.25) is 4.79 Å². The number of thioether (sulfide) groups is 1. The predicted molar refractivity (Wildman–Crippen MR) is 105 cm³/mol. The van der Waals surface area contributed by atoms with E-state index in [9.17, 15) is 9.59 Å². The summed E-state index contributed by atoms with van der Waals surface area (Å²) in [7, 11) is 0. The van der Waals surface area contributed by atoms with Gasteiger partial charge in [0.05, 0.1) is 11.7 Å². The summed E-state index contributed by atoms with van der Waals surface area (Å²) in [5.74, 6) is -0.138. The van der Waals surface area contributed by atoms with Crippen LogP contribution in [0.1, 0.15) is 16.7 Å². The Labute approximate surface area is 157 Å². The first-order chi connectivity index (χ1) is 12.5. The molecule has 2 atom stereocenters. The van der Waals surface area contributed by atoms with Crippen molar-refractivity contribution < 1.29 is 9.59 Å². The number of nitrogens with zero attached hydrogens (tertiary/aromatic N) is 2. The molecule has 2 aromatic carbocycles. The molecule has 3 amide bonds. The largest absolute Gasteiger partial charge is 0.332 e. The van der Waals surface area contributed by atoms with E-state index in [1.165, 1.54) is 22.2 Å². The van der Waals surface area contributed by atoms with Crippen LogP contribution in [-0.2, 0) is 11.3 Å². The molecular formula is C21H20N2O2S. The molecule has 2 unspecified atom stereocenters. The minimum absolute atomic E-state index is 0.138. The van der Waals surface area contributed by atoms with Gasteiger partial charge in [0.25, 0.3) is 5.91 Å². The molecule has 0 spiro atoms. The van der Waals surface area contributed by atoms with Crippen LogP contribution < -0.4 is 4.90 Å². The van der Waals surface area contributed by atoms with E-state index in [1.807, 2.05) is 73.9 Å². The van der Waals surface area contributed by atoms with Crippen molar-refractivity contribution >= 4 is 29.4 Å². The summed E-state index contributed by atoms with van der Waals surface area (Å²) < 4.78 is 0. The molecule has 4 nitrogen and oxygen atoms in total. The van der Waals surface area contributed by atoms with E-state index in [2.05, 4.69) is 0 Å². The SMILES string of the molecule is Cc1ccc(CN2C(=O)N(c3cccc(C)c3)C(=O)C3SC=CC32)cc1. The average Bonchev–Trinajstić information content (AvgIpc) is 3.10. The number of carbonyl (C=O) groups excluding carboxylic acids is 2. The summed E-state index contributed by atoms with van der Waals surface area (Å²) in [5, 5.41) is 1.65. The summed E-state index contributed by atoms with van der Waals surface area (Å²) in [5.41, 5.74) is 3.91. The predicted octanol–water partition coefficient (Wildman–Crippen LogP) is 4.27. The number of hydrogen-bond acceptors (Lipinski definition) is 3. The Morgan fingerprint density at radius 3 is 2.50 bits per heavy atom. The molecule has 1 saturated heterocycles. The second kappa shape index (κ2) is 6.65. The molecule has 2 aliphatic rings. The number of imide groups is 1. The zero-order chi connectivity index (χ0) is 18.3. The van der Waals surface area contributed by atoms with Gasteiger partial charge in [-0.2, -0.15) is 0 Å². The first-order valence-corrected chi connectivity index (χ1v) is 9.58. The Hall–Kier alpha value is -2.53. The molecule has 2 heterocycles. The molecule has 1 fully saturated rings. The number of anilines is 1. The lowest BCUT2D eigenvalue weighted by Gasteiger charge is -2.41. The highest BCUT2D eigenvalue weighted by atomic mass is 32.2. The Morgan fingerprint density at radius 1 is 1.00 bits per heavy atom. The van der Waals surface area contributed by atoms with Crippen molar-refractivity contribution in [3.8, 4) is 0 Å². The van der Waals surface area contributed by atoms with Crippen LogP contribution in [0.4, 0.5) is 10.5 Å². The number of carbonyl (C=O) groups is 2. The van der Waals surface area contributed by atoms with Crippen LogP contribution in [0.25, 0.3) is 0 Å². The van der Waals surface area contributed by atoms with Crippen molar-refractivity contribution in [2.45, 2.75) is 31.7 Å². The third-order valence-electron chi connectivity index (χ3n) is 4.81. The van der Waals surface area contributed by atoms with E-state index in [4.69, 9.17) is 0 Å². The molecule has 0 N–H and O–H groups in total. The molecule has 0 aromatic heterocycles. The van der Waals surface area contributed by atoms with Gasteiger partial charge in [-0.05, 0) is 42.5 Å². The number of urea groups is 1. The first kappa shape index (κ1) is 16.9. The number of fused-ring (bicyclic) bond motifs is 1. The Kier molecular flexibility index (Phi) is 4.32. The highest BCUT2D eigenvalue weighted by Crippen LogP contribution is 2.37. The quantitative estimate of drug-likeness (QED) is 0.817. The van der Waals surface area contributed by atoms with Gasteiger partial charge in [-0.25, -0.2) is 9.69 Å². The van der Waals surface area contributed by atoms with Crippen LogP contribution in [0.3, 0.4) is 0 Å². The fourth-order valence-electron chi connectivity index (χ4n) is 3.41. The molecule has 4 rings (SSSR count). The maximum Gasteiger partial charge on any atom is 0.332 e. The first-order valence-electron chi connectivity index (χ1n) is 8.63. The second-order valence-electron chi connectivity index (χ2n) is 6.78. The molecule has 26 heavy (non-hydrogen) atoms. The topological polar surface area (TPSA) is 40.6 Å². The van der Waals surface area contributed by atoms with Crippen molar-refractivity contribution in [3.63, 3.8) is 0 Å². The highest BCUT2D eigenvalue weighted by Gasteiger charge is 2.47. The molecule has 0 saturated carbocycles. The van der Waals surface area contributed by atoms with Gasteiger partial charge in [0, 0.05) is 6.54 Å². The van der Waals surface area contributed by atoms with Crippen LogP contribution in [0, 0.1) is 13.8 Å². The maximum atomic E-state index is 13.2.